The van der Waals surface area contributed by atoms with Crippen molar-refractivity contribution in [3.05, 3.63) is 47.5 Å². The second kappa shape index (κ2) is 6.31. The molecule has 1 aliphatic carbocycles. The Morgan fingerprint density at radius 2 is 1.84 bits per heavy atom. The van der Waals surface area contributed by atoms with Crippen LogP contribution in [0.25, 0.3) is 5.69 Å². The van der Waals surface area contributed by atoms with Crippen LogP contribution in [0, 0.1) is 12.7 Å². The minimum atomic E-state index is -0.940. The normalized spacial score (nSPS) is 16.0. The lowest BCUT2D eigenvalue weighted by molar-refractivity contribution is -0.127. The third-order valence-corrected chi connectivity index (χ3v) is 5.01. The fourth-order valence-electron chi connectivity index (χ4n) is 3.50. The molecule has 2 amide bonds. The lowest BCUT2D eigenvalue weighted by Crippen LogP contribution is -2.56. The number of halogens is 1. The van der Waals surface area contributed by atoms with Gasteiger partial charge in [0.2, 0.25) is 5.91 Å². The summed E-state index contributed by atoms with van der Waals surface area (Å²) in [5.41, 5.74) is 6.29. The fraction of sp³-hybridized carbons (Fsp3) is 0.389. The van der Waals surface area contributed by atoms with E-state index in [2.05, 4.69) is 5.10 Å². The SMILES string of the molecule is Cc1cc(C(=O)N(C)C2(C(N)=O)CCCC2)nn1-c1ccc(F)cc1. The Morgan fingerprint density at radius 3 is 2.40 bits per heavy atom. The first kappa shape index (κ1) is 17.1. The summed E-state index contributed by atoms with van der Waals surface area (Å²) in [5.74, 6) is -1.16. The molecule has 25 heavy (non-hydrogen) atoms. The number of hydrogen-bond acceptors (Lipinski definition) is 3. The van der Waals surface area contributed by atoms with Crippen molar-refractivity contribution < 1.29 is 14.0 Å². The highest BCUT2D eigenvalue weighted by Gasteiger charge is 2.45. The van der Waals surface area contributed by atoms with Gasteiger partial charge in [0, 0.05) is 12.7 Å². The van der Waals surface area contributed by atoms with E-state index in [1.165, 1.54) is 17.0 Å². The molecule has 1 aromatic carbocycles. The van der Waals surface area contributed by atoms with Gasteiger partial charge in [0.1, 0.15) is 11.4 Å². The van der Waals surface area contributed by atoms with Crippen molar-refractivity contribution in [2.45, 2.75) is 38.1 Å². The molecule has 0 atom stereocenters. The molecule has 0 unspecified atom stereocenters. The smallest absolute Gasteiger partial charge is 0.275 e. The Hall–Kier alpha value is -2.70. The van der Waals surface area contributed by atoms with Crippen molar-refractivity contribution in [1.82, 2.24) is 14.7 Å². The first-order valence-electron chi connectivity index (χ1n) is 8.26. The molecular weight excluding hydrogens is 323 g/mol. The van der Waals surface area contributed by atoms with Gasteiger partial charge in [0.15, 0.2) is 5.69 Å². The number of carbonyl (C=O) groups is 2. The van der Waals surface area contributed by atoms with Crippen LogP contribution in [0.2, 0.25) is 0 Å². The number of primary amides is 1. The van der Waals surface area contributed by atoms with Crippen LogP contribution in [0.15, 0.2) is 30.3 Å². The van der Waals surface area contributed by atoms with E-state index < -0.39 is 11.4 Å². The predicted octanol–water partition coefficient (Wildman–Crippen LogP) is 2.19. The number of aryl methyl sites for hydroxylation is 1. The van der Waals surface area contributed by atoms with E-state index in [0.717, 1.165) is 18.5 Å². The highest BCUT2D eigenvalue weighted by atomic mass is 19.1. The zero-order valence-corrected chi connectivity index (χ0v) is 14.3. The molecule has 1 heterocycles. The number of benzene rings is 1. The van der Waals surface area contributed by atoms with Gasteiger partial charge >= 0.3 is 0 Å². The Labute approximate surface area is 145 Å². The monoisotopic (exact) mass is 344 g/mol. The summed E-state index contributed by atoms with van der Waals surface area (Å²) in [4.78, 5) is 26.3. The highest BCUT2D eigenvalue weighted by Crippen LogP contribution is 2.35. The first-order chi connectivity index (χ1) is 11.8. The number of carbonyl (C=O) groups excluding carboxylic acids is 2. The third kappa shape index (κ3) is 2.90. The van der Waals surface area contributed by atoms with Crippen LogP contribution >= 0.6 is 0 Å². The number of rotatable bonds is 4. The van der Waals surface area contributed by atoms with E-state index >= 15 is 0 Å². The molecule has 2 aromatic rings. The van der Waals surface area contributed by atoms with E-state index in [-0.39, 0.29) is 17.4 Å². The Kier molecular flexibility index (Phi) is 4.32. The van der Waals surface area contributed by atoms with Gasteiger partial charge in [0.25, 0.3) is 5.91 Å². The van der Waals surface area contributed by atoms with Crippen molar-refractivity contribution in [2.24, 2.45) is 5.73 Å². The van der Waals surface area contributed by atoms with Crippen LogP contribution < -0.4 is 5.73 Å². The minimum absolute atomic E-state index is 0.233. The van der Waals surface area contributed by atoms with E-state index in [0.29, 0.717) is 18.5 Å². The maximum atomic E-state index is 13.1. The third-order valence-electron chi connectivity index (χ3n) is 5.01. The average Bonchev–Trinajstić information content (AvgIpc) is 3.22. The van der Waals surface area contributed by atoms with Gasteiger partial charge in [-0.05, 0) is 50.1 Å². The second-order valence-corrected chi connectivity index (χ2v) is 6.53. The van der Waals surface area contributed by atoms with Crippen molar-refractivity contribution >= 4 is 11.8 Å². The number of nitrogens with two attached hydrogens (primary N) is 1. The summed E-state index contributed by atoms with van der Waals surface area (Å²) < 4.78 is 14.7. The van der Waals surface area contributed by atoms with Crippen molar-refractivity contribution in [1.29, 1.82) is 0 Å². The fourth-order valence-corrected chi connectivity index (χ4v) is 3.50. The van der Waals surface area contributed by atoms with E-state index in [9.17, 15) is 14.0 Å². The summed E-state index contributed by atoms with van der Waals surface area (Å²) in [6, 6.07) is 7.52. The Balaban J connectivity index is 1.92. The predicted molar refractivity (Wildman–Crippen MR) is 90.7 cm³/mol. The lowest BCUT2D eigenvalue weighted by Gasteiger charge is -2.35. The quantitative estimate of drug-likeness (QED) is 0.923. The highest BCUT2D eigenvalue weighted by molar-refractivity contribution is 5.97. The van der Waals surface area contributed by atoms with Crippen LogP contribution in [-0.2, 0) is 4.79 Å². The van der Waals surface area contributed by atoms with E-state index in [1.54, 1.807) is 29.9 Å². The molecule has 0 bridgehead atoms. The second-order valence-electron chi connectivity index (χ2n) is 6.53. The van der Waals surface area contributed by atoms with Gasteiger partial charge in [-0.2, -0.15) is 5.10 Å². The van der Waals surface area contributed by atoms with Gasteiger partial charge in [-0.25, -0.2) is 9.07 Å². The molecule has 0 aliphatic heterocycles. The van der Waals surface area contributed by atoms with Crippen LogP contribution in [0.4, 0.5) is 4.39 Å². The molecule has 1 aromatic heterocycles. The lowest BCUT2D eigenvalue weighted by atomic mass is 9.94. The van der Waals surface area contributed by atoms with Crippen LogP contribution in [0.3, 0.4) is 0 Å². The minimum Gasteiger partial charge on any atom is -0.368 e. The number of nitrogens with zero attached hydrogens (tertiary/aromatic N) is 3. The first-order valence-corrected chi connectivity index (χ1v) is 8.26. The topological polar surface area (TPSA) is 81.2 Å². The van der Waals surface area contributed by atoms with Crippen molar-refractivity contribution in [3.8, 4) is 5.69 Å². The number of hydrogen-bond donors (Lipinski definition) is 1. The largest absolute Gasteiger partial charge is 0.368 e. The summed E-state index contributed by atoms with van der Waals surface area (Å²) in [5, 5.41) is 4.34. The number of likely N-dealkylation sites (N-methyl/N-ethyl adjacent to an activating group) is 1. The van der Waals surface area contributed by atoms with Gasteiger partial charge in [-0.1, -0.05) is 12.8 Å². The maximum Gasteiger partial charge on any atom is 0.275 e. The maximum absolute atomic E-state index is 13.1. The van der Waals surface area contributed by atoms with E-state index in [4.69, 9.17) is 5.73 Å². The average molecular weight is 344 g/mol. The molecule has 3 rings (SSSR count). The molecule has 6 nitrogen and oxygen atoms in total. The molecule has 7 heteroatoms. The van der Waals surface area contributed by atoms with Gasteiger partial charge in [0.05, 0.1) is 5.69 Å². The van der Waals surface area contributed by atoms with Gasteiger partial charge in [-0.3, -0.25) is 9.59 Å². The van der Waals surface area contributed by atoms with Crippen LogP contribution in [0.5, 0.6) is 0 Å². The van der Waals surface area contributed by atoms with E-state index in [1.807, 2.05) is 6.92 Å². The van der Waals surface area contributed by atoms with Crippen molar-refractivity contribution in [3.63, 3.8) is 0 Å². The Morgan fingerprint density at radius 1 is 1.24 bits per heavy atom. The molecule has 2 N–H and O–H groups in total. The molecular formula is C18H21FN4O2. The summed E-state index contributed by atoms with van der Waals surface area (Å²) in [7, 11) is 1.60. The molecule has 132 valence electrons. The zero-order valence-electron chi connectivity index (χ0n) is 14.3. The molecule has 0 radical (unpaired) electrons. The van der Waals surface area contributed by atoms with Gasteiger partial charge in [-0.15, -0.1) is 0 Å². The number of aromatic nitrogens is 2. The summed E-state index contributed by atoms with van der Waals surface area (Å²) in [6.45, 7) is 1.81. The van der Waals surface area contributed by atoms with Gasteiger partial charge < -0.3 is 10.6 Å². The van der Waals surface area contributed by atoms with Crippen LogP contribution in [0.1, 0.15) is 41.9 Å². The summed E-state index contributed by atoms with van der Waals surface area (Å²) >= 11 is 0. The van der Waals surface area contributed by atoms with Crippen molar-refractivity contribution in [2.75, 3.05) is 7.05 Å². The summed E-state index contributed by atoms with van der Waals surface area (Å²) in [6.07, 6.45) is 2.87. The zero-order chi connectivity index (χ0) is 18.2. The molecule has 1 aliphatic rings. The molecule has 0 spiro atoms. The molecule has 1 saturated carbocycles. The standard InChI is InChI=1S/C18H21FN4O2/c1-12-11-15(21-23(12)14-7-5-13(19)6-8-14)16(24)22(2)18(17(20)25)9-3-4-10-18/h5-8,11H,3-4,9-10H2,1-2H3,(H2,20,25). The van der Waals surface area contributed by atoms with Crippen LogP contribution in [-0.4, -0.2) is 39.1 Å². The molecule has 0 saturated heterocycles. The molecule has 1 fully saturated rings. The number of amides is 2. The Bertz CT molecular complexity index is 807.